The second-order valence-corrected chi connectivity index (χ2v) is 3.44. The van der Waals surface area contributed by atoms with Crippen LogP contribution in [-0.4, -0.2) is 16.5 Å². The number of anilines is 1. The Labute approximate surface area is 88.3 Å². The number of aryl methyl sites for hydroxylation is 1. The van der Waals surface area contributed by atoms with Crippen molar-refractivity contribution < 1.29 is 0 Å². The number of nitrogens with two attached hydrogens (primary N) is 2. The largest absolute Gasteiger partial charge is 0.368 e. The molecule has 2 rings (SSSR count). The summed E-state index contributed by atoms with van der Waals surface area (Å²) in [5.41, 5.74) is 13.0. The highest BCUT2D eigenvalue weighted by atomic mass is 15.0. The topological polar surface area (TPSA) is 77.8 Å². The minimum absolute atomic E-state index is 0.334. The molecular weight excluding hydrogens is 188 g/mol. The van der Waals surface area contributed by atoms with Gasteiger partial charge in [0.05, 0.1) is 11.2 Å². The van der Waals surface area contributed by atoms with Gasteiger partial charge in [0.25, 0.3) is 0 Å². The first-order chi connectivity index (χ1) is 7.31. The summed E-state index contributed by atoms with van der Waals surface area (Å²) >= 11 is 0. The molecule has 0 aliphatic heterocycles. The van der Waals surface area contributed by atoms with Gasteiger partial charge in [-0.1, -0.05) is 18.2 Å². The maximum Gasteiger partial charge on any atom is 0.220 e. The van der Waals surface area contributed by atoms with Gasteiger partial charge >= 0.3 is 0 Å². The van der Waals surface area contributed by atoms with Gasteiger partial charge in [-0.15, -0.1) is 0 Å². The van der Waals surface area contributed by atoms with Gasteiger partial charge in [-0.2, -0.15) is 0 Å². The summed E-state index contributed by atoms with van der Waals surface area (Å²) in [5.74, 6) is 0.334. The van der Waals surface area contributed by atoms with Gasteiger partial charge in [-0.3, -0.25) is 0 Å². The standard InChI is InChI=1S/C11H14N4/c12-7-3-6-10-8-4-1-2-5-9(8)14-11(13)15-10/h1-2,4-5H,3,6-7,12H2,(H2,13,14,15). The van der Waals surface area contributed by atoms with Crippen LogP contribution in [0.15, 0.2) is 24.3 Å². The van der Waals surface area contributed by atoms with Gasteiger partial charge in [-0.25, -0.2) is 9.97 Å². The Morgan fingerprint density at radius 1 is 1.13 bits per heavy atom. The highest BCUT2D eigenvalue weighted by Gasteiger charge is 2.04. The second-order valence-electron chi connectivity index (χ2n) is 3.44. The third-order valence-electron chi connectivity index (χ3n) is 2.32. The normalized spacial score (nSPS) is 10.7. The van der Waals surface area contributed by atoms with Gasteiger partial charge in [0.2, 0.25) is 5.95 Å². The quantitative estimate of drug-likeness (QED) is 0.781. The van der Waals surface area contributed by atoms with Crippen LogP contribution >= 0.6 is 0 Å². The molecule has 15 heavy (non-hydrogen) atoms. The number of aromatic nitrogens is 2. The van der Waals surface area contributed by atoms with Crippen LogP contribution in [0.3, 0.4) is 0 Å². The van der Waals surface area contributed by atoms with Crippen molar-refractivity contribution in [3.8, 4) is 0 Å². The molecule has 0 aliphatic rings. The van der Waals surface area contributed by atoms with Crippen LogP contribution in [0, 0.1) is 0 Å². The van der Waals surface area contributed by atoms with Gasteiger partial charge in [0.1, 0.15) is 0 Å². The highest BCUT2D eigenvalue weighted by Crippen LogP contribution is 2.17. The zero-order valence-electron chi connectivity index (χ0n) is 8.48. The molecule has 2 aromatic rings. The monoisotopic (exact) mass is 202 g/mol. The van der Waals surface area contributed by atoms with Crippen LogP contribution in [0.2, 0.25) is 0 Å². The number of hydrogen-bond acceptors (Lipinski definition) is 4. The van der Waals surface area contributed by atoms with Crippen molar-refractivity contribution in [2.75, 3.05) is 12.3 Å². The van der Waals surface area contributed by atoms with Gasteiger partial charge in [0.15, 0.2) is 0 Å². The fourth-order valence-electron chi connectivity index (χ4n) is 1.62. The lowest BCUT2D eigenvalue weighted by Gasteiger charge is -2.05. The van der Waals surface area contributed by atoms with E-state index in [0.29, 0.717) is 12.5 Å². The number of nitrogen functional groups attached to an aromatic ring is 1. The van der Waals surface area contributed by atoms with E-state index in [1.54, 1.807) is 0 Å². The molecule has 1 aromatic carbocycles. The lowest BCUT2D eigenvalue weighted by Crippen LogP contribution is -2.04. The van der Waals surface area contributed by atoms with Crippen molar-refractivity contribution >= 4 is 16.9 Å². The molecule has 1 heterocycles. The van der Waals surface area contributed by atoms with E-state index in [1.165, 1.54) is 0 Å². The maximum atomic E-state index is 5.64. The SMILES string of the molecule is NCCCc1nc(N)nc2ccccc12. The molecule has 0 saturated heterocycles. The summed E-state index contributed by atoms with van der Waals surface area (Å²) in [4.78, 5) is 8.43. The van der Waals surface area contributed by atoms with E-state index in [9.17, 15) is 0 Å². The van der Waals surface area contributed by atoms with Crippen LogP contribution in [-0.2, 0) is 6.42 Å². The van der Waals surface area contributed by atoms with Gasteiger partial charge in [-0.05, 0) is 25.5 Å². The molecule has 0 spiro atoms. The lowest BCUT2D eigenvalue weighted by atomic mass is 10.1. The zero-order valence-corrected chi connectivity index (χ0v) is 8.48. The van der Waals surface area contributed by atoms with Crippen molar-refractivity contribution in [1.29, 1.82) is 0 Å². The zero-order chi connectivity index (χ0) is 10.7. The van der Waals surface area contributed by atoms with Crippen molar-refractivity contribution in [3.63, 3.8) is 0 Å². The Kier molecular flexibility index (Phi) is 2.78. The molecule has 0 atom stereocenters. The summed E-state index contributed by atoms with van der Waals surface area (Å²) in [6.07, 6.45) is 1.77. The van der Waals surface area contributed by atoms with E-state index >= 15 is 0 Å². The van der Waals surface area contributed by atoms with Crippen LogP contribution in [0.5, 0.6) is 0 Å². The van der Waals surface area contributed by atoms with Gasteiger partial charge < -0.3 is 11.5 Å². The molecule has 0 radical (unpaired) electrons. The average molecular weight is 202 g/mol. The van der Waals surface area contributed by atoms with Gasteiger partial charge in [0, 0.05) is 5.39 Å². The fraction of sp³-hybridized carbons (Fsp3) is 0.273. The Morgan fingerprint density at radius 3 is 2.73 bits per heavy atom. The van der Waals surface area contributed by atoms with E-state index in [-0.39, 0.29) is 0 Å². The molecule has 0 unspecified atom stereocenters. The number of benzene rings is 1. The molecule has 0 bridgehead atoms. The molecule has 0 saturated carbocycles. The molecular formula is C11H14N4. The van der Waals surface area contributed by atoms with E-state index < -0.39 is 0 Å². The number of para-hydroxylation sites is 1. The summed E-state index contributed by atoms with van der Waals surface area (Å²) in [6, 6.07) is 7.88. The summed E-state index contributed by atoms with van der Waals surface area (Å²) < 4.78 is 0. The van der Waals surface area contributed by atoms with E-state index in [4.69, 9.17) is 11.5 Å². The molecule has 0 aliphatic carbocycles. The summed E-state index contributed by atoms with van der Waals surface area (Å²) in [7, 11) is 0. The van der Waals surface area contributed by atoms with Crippen molar-refractivity contribution in [1.82, 2.24) is 9.97 Å². The smallest absolute Gasteiger partial charge is 0.220 e. The summed E-state index contributed by atoms with van der Waals surface area (Å²) in [6.45, 7) is 0.665. The third kappa shape index (κ3) is 2.05. The van der Waals surface area contributed by atoms with Crippen LogP contribution in [0.4, 0.5) is 5.95 Å². The Bertz CT molecular complexity index is 467. The first kappa shape index (κ1) is 9.86. The Morgan fingerprint density at radius 2 is 1.93 bits per heavy atom. The fourth-order valence-corrected chi connectivity index (χ4v) is 1.62. The first-order valence-corrected chi connectivity index (χ1v) is 5.02. The molecule has 1 aromatic heterocycles. The number of fused-ring (bicyclic) bond motifs is 1. The Hall–Kier alpha value is -1.68. The maximum absolute atomic E-state index is 5.64. The number of hydrogen-bond donors (Lipinski definition) is 2. The number of rotatable bonds is 3. The molecule has 0 fully saturated rings. The molecule has 4 N–H and O–H groups in total. The van der Waals surface area contributed by atoms with Crippen molar-refractivity contribution in [2.45, 2.75) is 12.8 Å². The predicted molar refractivity (Wildman–Crippen MR) is 61.3 cm³/mol. The van der Waals surface area contributed by atoms with E-state index in [2.05, 4.69) is 9.97 Å². The second kappa shape index (κ2) is 4.23. The van der Waals surface area contributed by atoms with E-state index in [0.717, 1.165) is 29.4 Å². The molecule has 78 valence electrons. The number of nitrogens with zero attached hydrogens (tertiary/aromatic N) is 2. The van der Waals surface area contributed by atoms with Crippen LogP contribution in [0.25, 0.3) is 10.9 Å². The Balaban J connectivity index is 2.50. The minimum atomic E-state index is 0.334. The van der Waals surface area contributed by atoms with E-state index in [1.807, 2.05) is 24.3 Å². The predicted octanol–water partition coefficient (Wildman–Crippen LogP) is 1.10. The third-order valence-corrected chi connectivity index (χ3v) is 2.32. The lowest BCUT2D eigenvalue weighted by molar-refractivity contribution is 0.815. The highest BCUT2D eigenvalue weighted by molar-refractivity contribution is 5.81. The van der Waals surface area contributed by atoms with Crippen LogP contribution < -0.4 is 11.5 Å². The summed E-state index contributed by atoms with van der Waals surface area (Å²) in [5, 5.41) is 1.07. The molecule has 0 amide bonds. The molecule has 4 nitrogen and oxygen atoms in total. The van der Waals surface area contributed by atoms with Crippen LogP contribution in [0.1, 0.15) is 12.1 Å². The molecule has 4 heteroatoms. The first-order valence-electron chi connectivity index (χ1n) is 5.02. The average Bonchev–Trinajstić information content (AvgIpc) is 2.25. The minimum Gasteiger partial charge on any atom is -0.368 e. The van der Waals surface area contributed by atoms with Crippen molar-refractivity contribution in [2.24, 2.45) is 5.73 Å². The van der Waals surface area contributed by atoms with Crippen molar-refractivity contribution in [3.05, 3.63) is 30.0 Å².